The van der Waals surface area contributed by atoms with Crippen LogP contribution in [0.1, 0.15) is 42.9 Å². The van der Waals surface area contributed by atoms with Crippen molar-refractivity contribution >= 4 is 0 Å². The lowest BCUT2D eigenvalue weighted by molar-refractivity contribution is 0.123. The Hall–Kier alpha value is -0.930. The van der Waals surface area contributed by atoms with E-state index in [2.05, 4.69) is 19.0 Å². The summed E-state index contributed by atoms with van der Waals surface area (Å²) in [4.78, 5) is 2.23. The number of rotatable bonds is 3. The summed E-state index contributed by atoms with van der Waals surface area (Å²) in [6.45, 7) is 1.91. The molecule has 0 heterocycles. The molecule has 0 aromatic heterocycles. The summed E-state index contributed by atoms with van der Waals surface area (Å²) in [5.41, 5.74) is 8.31. The van der Waals surface area contributed by atoms with E-state index in [0.717, 1.165) is 24.0 Å². The fraction of sp³-hybridized carbons (Fsp3) is 0.600. The molecular formula is C15H23FN2. The monoisotopic (exact) mass is 250 g/mol. The Kier molecular flexibility index (Phi) is 3.74. The van der Waals surface area contributed by atoms with Gasteiger partial charge in [0.05, 0.1) is 0 Å². The quantitative estimate of drug-likeness (QED) is 0.893. The normalized spacial score (nSPS) is 20.3. The van der Waals surface area contributed by atoms with Crippen LogP contribution in [-0.2, 0) is 0 Å². The van der Waals surface area contributed by atoms with E-state index in [1.165, 1.54) is 12.8 Å². The average Bonchev–Trinajstić information content (AvgIpc) is 2.76. The zero-order chi connectivity index (χ0) is 13.3. The Bertz CT molecular complexity index is 402. The van der Waals surface area contributed by atoms with Crippen LogP contribution in [0, 0.1) is 12.7 Å². The molecular weight excluding hydrogens is 227 g/mol. The molecule has 100 valence electrons. The molecule has 1 aromatic rings. The van der Waals surface area contributed by atoms with Gasteiger partial charge in [0.25, 0.3) is 0 Å². The molecule has 1 aromatic carbocycles. The van der Waals surface area contributed by atoms with Gasteiger partial charge in [0.1, 0.15) is 5.82 Å². The van der Waals surface area contributed by atoms with Crippen LogP contribution < -0.4 is 5.73 Å². The molecule has 2 N–H and O–H groups in total. The van der Waals surface area contributed by atoms with Gasteiger partial charge < -0.3 is 10.6 Å². The van der Waals surface area contributed by atoms with Crippen molar-refractivity contribution in [3.8, 4) is 0 Å². The van der Waals surface area contributed by atoms with Crippen LogP contribution in [0.5, 0.6) is 0 Å². The van der Waals surface area contributed by atoms with Crippen molar-refractivity contribution in [3.63, 3.8) is 0 Å². The van der Waals surface area contributed by atoms with Crippen LogP contribution in [0.3, 0.4) is 0 Å². The molecule has 18 heavy (non-hydrogen) atoms. The molecule has 0 bridgehead atoms. The smallest absolute Gasteiger partial charge is 0.123 e. The predicted octanol–water partition coefficient (Wildman–Crippen LogP) is 3.01. The number of nitrogens with zero attached hydrogens (tertiary/aromatic N) is 1. The lowest BCUT2D eigenvalue weighted by Crippen LogP contribution is -2.50. The molecule has 2 rings (SSSR count). The van der Waals surface area contributed by atoms with Crippen molar-refractivity contribution in [1.29, 1.82) is 0 Å². The molecule has 1 unspecified atom stereocenters. The van der Waals surface area contributed by atoms with Crippen LogP contribution >= 0.6 is 0 Å². The number of nitrogens with two attached hydrogens (primary N) is 1. The first-order valence-electron chi connectivity index (χ1n) is 6.66. The summed E-state index contributed by atoms with van der Waals surface area (Å²) in [6, 6.07) is 5.02. The van der Waals surface area contributed by atoms with E-state index in [1.807, 2.05) is 13.0 Å². The van der Waals surface area contributed by atoms with Gasteiger partial charge in [0.15, 0.2) is 0 Å². The Balaban J connectivity index is 2.36. The molecule has 0 spiro atoms. The van der Waals surface area contributed by atoms with Crippen LogP contribution in [0.25, 0.3) is 0 Å². The van der Waals surface area contributed by atoms with Gasteiger partial charge >= 0.3 is 0 Å². The number of benzene rings is 1. The SMILES string of the molecule is Cc1cc(F)cc(C(N)C2(N(C)C)CCCC2)c1. The highest BCUT2D eigenvalue weighted by Crippen LogP contribution is 2.42. The van der Waals surface area contributed by atoms with Gasteiger partial charge in [-0.25, -0.2) is 4.39 Å². The van der Waals surface area contributed by atoms with E-state index in [-0.39, 0.29) is 17.4 Å². The maximum absolute atomic E-state index is 13.5. The Morgan fingerprint density at radius 1 is 1.22 bits per heavy atom. The van der Waals surface area contributed by atoms with E-state index < -0.39 is 0 Å². The lowest BCUT2D eigenvalue weighted by Gasteiger charge is -2.41. The minimum atomic E-state index is -0.188. The number of halogens is 1. The van der Waals surface area contributed by atoms with Crippen molar-refractivity contribution in [2.45, 2.75) is 44.2 Å². The second-order valence-corrected chi connectivity index (χ2v) is 5.74. The van der Waals surface area contributed by atoms with Crippen molar-refractivity contribution in [2.75, 3.05) is 14.1 Å². The minimum Gasteiger partial charge on any atom is -0.322 e. The summed E-state index contributed by atoms with van der Waals surface area (Å²) in [5, 5.41) is 0. The van der Waals surface area contributed by atoms with Crippen molar-refractivity contribution < 1.29 is 4.39 Å². The number of likely N-dealkylation sites (N-methyl/N-ethyl adjacent to an activating group) is 1. The van der Waals surface area contributed by atoms with Gasteiger partial charge in [-0.15, -0.1) is 0 Å². The molecule has 1 saturated carbocycles. The summed E-state index contributed by atoms with van der Waals surface area (Å²) in [5.74, 6) is -0.188. The molecule has 0 saturated heterocycles. The minimum absolute atomic E-state index is 0.0137. The maximum Gasteiger partial charge on any atom is 0.123 e. The average molecular weight is 250 g/mol. The van der Waals surface area contributed by atoms with E-state index in [1.54, 1.807) is 12.1 Å². The van der Waals surface area contributed by atoms with E-state index in [4.69, 9.17) is 5.73 Å². The molecule has 0 radical (unpaired) electrons. The number of hydrogen-bond donors (Lipinski definition) is 1. The Labute approximate surface area is 109 Å². The lowest BCUT2D eigenvalue weighted by atomic mass is 9.82. The van der Waals surface area contributed by atoms with Gasteiger partial charge in [-0.1, -0.05) is 18.9 Å². The van der Waals surface area contributed by atoms with Gasteiger partial charge in [-0.05, 0) is 57.1 Å². The second kappa shape index (κ2) is 4.98. The zero-order valence-corrected chi connectivity index (χ0v) is 11.5. The third kappa shape index (κ3) is 2.29. The van der Waals surface area contributed by atoms with Crippen LogP contribution in [-0.4, -0.2) is 24.5 Å². The third-order valence-corrected chi connectivity index (χ3v) is 4.36. The fourth-order valence-electron chi connectivity index (χ4n) is 3.28. The first-order chi connectivity index (χ1) is 8.45. The fourth-order valence-corrected chi connectivity index (χ4v) is 3.28. The van der Waals surface area contributed by atoms with E-state index >= 15 is 0 Å². The molecule has 0 aliphatic heterocycles. The number of aryl methyl sites for hydroxylation is 1. The van der Waals surface area contributed by atoms with Crippen molar-refractivity contribution in [2.24, 2.45) is 5.73 Å². The standard InChI is InChI=1S/C15H23FN2/c1-11-8-12(10-13(16)9-11)14(17)15(18(2)3)6-4-5-7-15/h8-10,14H,4-7,17H2,1-3H3. The van der Waals surface area contributed by atoms with Crippen molar-refractivity contribution in [3.05, 3.63) is 35.1 Å². The molecule has 1 aliphatic carbocycles. The highest BCUT2D eigenvalue weighted by molar-refractivity contribution is 5.29. The van der Waals surface area contributed by atoms with Crippen LogP contribution in [0.15, 0.2) is 18.2 Å². The molecule has 2 nitrogen and oxygen atoms in total. The summed E-state index contributed by atoms with van der Waals surface area (Å²) < 4.78 is 13.5. The van der Waals surface area contributed by atoms with Crippen LogP contribution in [0.4, 0.5) is 4.39 Å². The van der Waals surface area contributed by atoms with Crippen molar-refractivity contribution in [1.82, 2.24) is 4.90 Å². The summed E-state index contributed by atoms with van der Waals surface area (Å²) in [6.07, 6.45) is 4.60. The second-order valence-electron chi connectivity index (χ2n) is 5.74. The number of hydrogen-bond acceptors (Lipinski definition) is 2. The third-order valence-electron chi connectivity index (χ3n) is 4.36. The first-order valence-corrected chi connectivity index (χ1v) is 6.66. The Morgan fingerprint density at radius 2 is 1.83 bits per heavy atom. The highest BCUT2D eigenvalue weighted by atomic mass is 19.1. The molecule has 0 amide bonds. The molecule has 1 aliphatic rings. The predicted molar refractivity (Wildman–Crippen MR) is 73.0 cm³/mol. The van der Waals surface area contributed by atoms with E-state index in [0.29, 0.717) is 0 Å². The summed E-state index contributed by atoms with van der Waals surface area (Å²) in [7, 11) is 4.16. The van der Waals surface area contributed by atoms with Gasteiger partial charge in [-0.3, -0.25) is 0 Å². The van der Waals surface area contributed by atoms with Crippen LogP contribution in [0.2, 0.25) is 0 Å². The first kappa shape index (κ1) is 13.5. The van der Waals surface area contributed by atoms with Gasteiger partial charge in [0.2, 0.25) is 0 Å². The zero-order valence-electron chi connectivity index (χ0n) is 11.5. The summed E-state index contributed by atoms with van der Waals surface area (Å²) >= 11 is 0. The largest absolute Gasteiger partial charge is 0.322 e. The molecule has 3 heteroatoms. The Morgan fingerprint density at radius 3 is 2.33 bits per heavy atom. The maximum atomic E-state index is 13.5. The highest BCUT2D eigenvalue weighted by Gasteiger charge is 2.42. The van der Waals surface area contributed by atoms with Gasteiger partial charge in [-0.2, -0.15) is 0 Å². The van der Waals surface area contributed by atoms with E-state index in [9.17, 15) is 4.39 Å². The topological polar surface area (TPSA) is 29.3 Å². The van der Waals surface area contributed by atoms with Gasteiger partial charge in [0, 0.05) is 11.6 Å². The molecule has 1 fully saturated rings. The molecule has 1 atom stereocenters.